The van der Waals surface area contributed by atoms with Crippen LogP contribution in [0.15, 0.2) is 133 Å². The molecule has 1 atom stereocenters. The first kappa shape index (κ1) is 29.2. The summed E-state index contributed by atoms with van der Waals surface area (Å²) in [6.45, 7) is 9.70. The largest absolute Gasteiger partial charge is 0.379 e. The van der Waals surface area contributed by atoms with E-state index < -0.39 is 0 Å². The van der Waals surface area contributed by atoms with Gasteiger partial charge in [0.25, 0.3) is 0 Å². The van der Waals surface area contributed by atoms with E-state index in [4.69, 9.17) is 4.98 Å². The molecule has 1 aromatic heterocycles. The summed E-state index contributed by atoms with van der Waals surface area (Å²) < 4.78 is 0. The number of nitrogens with one attached hydrogen (secondary N) is 2. The van der Waals surface area contributed by atoms with Gasteiger partial charge in [-0.3, -0.25) is 4.98 Å². The molecule has 0 aliphatic heterocycles. The molecule has 6 aromatic rings. The van der Waals surface area contributed by atoms with Crippen LogP contribution in [0.2, 0.25) is 0 Å². The molecule has 2 N–H and O–H groups in total. The summed E-state index contributed by atoms with van der Waals surface area (Å²) in [7, 11) is 0. The van der Waals surface area contributed by atoms with Gasteiger partial charge in [0.2, 0.25) is 0 Å². The average molecular weight is 576 g/mol. The van der Waals surface area contributed by atoms with Crippen molar-refractivity contribution >= 4 is 22.1 Å². The second-order valence-electron chi connectivity index (χ2n) is 12.1. The molecule has 0 saturated carbocycles. The minimum absolute atomic E-state index is 0.0618. The predicted molar refractivity (Wildman–Crippen MR) is 187 cm³/mol. The lowest BCUT2D eigenvalue weighted by Gasteiger charge is -2.25. The second-order valence-corrected chi connectivity index (χ2v) is 12.1. The number of nitrogens with zero attached hydrogens (tertiary/aromatic N) is 1. The standard InChI is InChI=1S/C41H41N3/c1-28(2)34-22-14-23-35(29(3)4)41(34)42-27-33-20-13-24-38(43-33)39-36-21-12-11-15-30(36)25-26-37(39)40(31-16-7-5-8-17-31)44-32-18-9-6-10-19-32/h5-26,28-29,40,42,44H,27H2,1-4H3. The van der Waals surface area contributed by atoms with Crippen LogP contribution in [0.4, 0.5) is 11.4 Å². The van der Waals surface area contributed by atoms with Crippen LogP contribution in [0, 0.1) is 0 Å². The van der Waals surface area contributed by atoms with E-state index in [2.05, 4.69) is 172 Å². The molecular weight excluding hydrogens is 534 g/mol. The first-order valence-corrected chi connectivity index (χ1v) is 15.7. The minimum atomic E-state index is -0.0618. The number of aromatic nitrogens is 1. The third-order valence-electron chi connectivity index (χ3n) is 8.37. The fourth-order valence-electron chi connectivity index (χ4n) is 6.15. The van der Waals surface area contributed by atoms with Gasteiger partial charge in [0.15, 0.2) is 0 Å². The number of para-hydroxylation sites is 2. The van der Waals surface area contributed by atoms with Crippen molar-refractivity contribution in [1.29, 1.82) is 0 Å². The van der Waals surface area contributed by atoms with Gasteiger partial charge in [-0.15, -0.1) is 0 Å². The Morgan fingerprint density at radius 3 is 1.91 bits per heavy atom. The van der Waals surface area contributed by atoms with E-state index in [0.29, 0.717) is 18.4 Å². The van der Waals surface area contributed by atoms with Crippen molar-refractivity contribution in [2.75, 3.05) is 10.6 Å². The Bertz CT molecular complexity index is 1820. The summed E-state index contributed by atoms with van der Waals surface area (Å²) in [5, 5.41) is 10.0. The van der Waals surface area contributed by atoms with Crippen molar-refractivity contribution in [2.24, 2.45) is 0 Å². The Labute approximate surface area is 262 Å². The molecule has 220 valence electrons. The molecule has 5 aromatic carbocycles. The fourth-order valence-corrected chi connectivity index (χ4v) is 6.15. The molecule has 3 nitrogen and oxygen atoms in total. The van der Waals surface area contributed by atoms with E-state index in [1.165, 1.54) is 38.7 Å². The van der Waals surface area contributed by atoms with Crippen LogP contribution in [-0.2, 0) is 6.54 Å². The lowest BCUT2D eigenvalue weighted by Crippen LogP contribution is -2.14. The Hall–Kier alpha value is -4.89. The zero-order valence-electron chi connectivity index (χ0n) is 26.1. The molecule has 0 aliphatic rings. The predicted octanol–water partition coefficient (Wildman–Crippen LogP) is 11.0. The zero-order valence-corrected chi connectivity index (χ0v) is 26.1. The zero-order chi connectivity index (χ0) is 30.5. The van der Waals surface area contributed by atoms with Crippen LogP contribution in [0.25, 0.3) is 22.0 Å². The Morgan fingerprint density at radius 2 is 1.20 bits per heavy atom. The van der Waals surface area contributed by atoms with Crippen molar-refractivity contribution in [3.63, 3.8) is 0 Å². The SMILES string of the molecule is CC(C)c1cccc(C(C)C)c1NCc1cccc(-c2c(C(Nc3ccccc3)c3ccccc3)ccc3ccccc23)n1. The van der Waals surface area contributed by atoms with Crippen molar-refractivity contribution in [1.82, 2.24) is 4.98 Å². The van der Waals surface area contributed by atoms with Crippen molar-refractivity contribution in [2.45, 2.75) is 52.1 Å². The average Bonchev–Trinajstić information content (AvgIpc) is 3.06. The Balaban J connectivity index is 1.45. The highest BCUT2D eigenvalue weighted by atomic mass is 14.9. The van der Waals surface area contributed by atoms with Gasteiger partial charge in [0.1, 0.15) is 0 Å². The number of hydrogen-bond acceptors (Lipinski definition) is 3. The van der Waals surface area contributed by atoms with Gasteiger partial charge in [-0.1, -0.05) is 137 Å². The summed E-state index contributed by atoms with van der Waals surface area (Å²) in [4.78, 5) is 5.31. The highest BCUT2D eigenvalue weighted by Gasteiger charge is 2.22. The summed E-state index contributed by atoms with van der Waals surface area (Å²) in [6, 6.07) is 47.3. The monoisotopic (exact) mass is 575 g/mol. The Kier molecular flexibility index (Phi) is 8.74. The molecule has 0 spiro atoms. The summed E-state index contributed by atoms with van der Waals surface area (Å²) in [5.74, 6) is 0.863. The molecule has 1 unspecified atom stereocenters. The molecule has 0 bridgehead atoms. The van der Waals surface area contributed by atoms with Gasteiger partial charge < -0.3 is 10.6 Å². The lowest BCUT2D eigenvalue weighted by atomic mass is 9.88. The van der Waals surface area contributed by atoms with Gasteiger partial charge >= 0.3 is 0 Å². The quantitative estimate of drug-likeness (QED) is 0.171. The van der Waals surface area contributed by atoms with Crippen LogP contribution in [0.1, 0.15) is 73.5 Å². The molecular formula is C41H41N3. The number of benzene rings is 5. The number of anilines is 2. The van der Waals surface area contributed by atoms with Crippen LogP contribution in [-0.4, -0.2) is 4.98 Å². The molecule has 0 aliphatic carbocycles. The topological polar surface area (TPSA) is 37.0 Å². The smallest absolute Gasteiger partial charge is 0.0774 e. The highest BCUT2D eigenvalue weighted by Crippen LogP contribution is 2.39. The van der Waals surface area contributed by atoms with Crippen LogP contribution < -0.4 is 10.6 Å². The first-order chi connectivity index (χ1) is 21.5. The number of hydrogen-bond donors (Lipinski definition) is 2. The summed E-state index contributed by atoms with van der Waals surface area (Å²) in [6.07, 6.45) is 0. The molecule has 6 rings (SSSR count). The maximum absolute atomic E-state index is 5.31. The van der Waals surface area contributed by atoms with Crippen LogP contribution in [0.5, 0.6) is 0 Å². The van der Waals surface area contributed by atoms with Crippen molar-refractivity contribution in [3.05, 3.63) is 161 Å². The molecule has 3 heteroatoms. The first-order valence-electron chi connectivity index (χ1n) is 15.7. The lowest BCUT2D eigenvalue weighted by molar-refractivity contribution is 0.831. The second kappa shape index (κ2) is 13.2. The van der Waals surface area contributed by atoms with E-state index in [0.717, 1.165) is 22.6 Å². The Morgan fingerprint density at radius 1 is 0.568 bits per heavy atom. The minimum Gasteiger partial charge on any atom is -0.379 e. The number of rotatable bonds is 10. The van der Waals surface area contributed by atoms with Crippen LogP contribution in [0.3, 0.4) is 0 Å². The molecule has 1 heterocycles. The maximum atomic E-state index is 5.31. The van der Waals surface area contributed by atoms with Crippen molar-refractivity contribution in [3.8, 4) is 11.3 Å². The van der Waals surface area contributed by atoms with Crippen LogP contribution >= 0.6 is 0 Å². The molecule has 0 amide bonds. The molecule has 0 radical (unpaired) electrons. The highest BCUT2D eigenvalue weighted by molar-refractivity contribution is 5.98. The summed E-state index contributed by atoms with van der Waals surface area (Å²) >= 11 is 0. The van der Waals surface area contributed by atoms with Gasteiger partial charge in [-0.25, -0.2) is 0 Å². The molecule has 0 fully saturated rings. The normalized spacial score (nSPS) is 12.0. The number of fused-ring (bicyclic) bond motifs is 1. The van der Waals surface area contributed by atoms with E-state index in [-0.39, 0.29) is 6.04 Å². The molecule has 0 saturated heterocycles. The van der Waals surface area contributed by atoms with E-state index in [1.54, 1.807) is 0 Å². The third-order valence-corrected chi connectivity index (χ3v) is 8.37. The van der Waals surface area contributed by atoms with Crippen molar-refractivity contribution < 1.29 is 0 Å². The number of pyridine rings is 1. The van der Waals surface area contributed by atoms with E-state index in [1.807, 2.05) is 0 Å². The molecule has 44 heavy (non-hydrogen) atoms. The fraction of sp³-hybridized carbons (Fsp3) is 0.195. The summed E-state index contributed by atoms with van der Waals surface area (Å²) in [5.41, 5.74) is 10.6. The van der Waals surface area contributed by atoms with E-state index >= 15 is 0 Å². The van der Waals surface area contributed by atoms with E-state index in [9.17, 15) is 0 Å². The van der Waals surface area contributed by atoms with Gasteiger partial charge in [-0.05, 0) is 69.1 Å². The maximum Gasteiger partial charge on any atom is 0.0774 e. The van der Waals surface area contributed by atoms with Gasteiger partial charge in [0.05, 0.1) is 24.0 Å². The third kappa shape index (κ3) is 6.23. The van der Waals surface area contributed by atoms with Gasteiger partial charge in [-0.2, -0.15) is 0 Å². The van der Waals surface area contributed by atoms with Gasteiger partial charge in [0, 0.05) is 16.9 Å².